The van der Waals surface area contributed by atoms with Crippen molar-refractivity contribution in [3.63, 3.8) is 0 Å². The largest absolute Gasteiger partial charge is 0.490 e. The van der Waals surface area contributed by atoms with Gasteiger partial charge in [-0.3, -0.25) is 14.9 Å². The number of para-hydroxylation sites is 1. The van der Waals surface area contributed by atoms with Crippen molar-refractivity contribution in [2.24, 2.45) is 0 Å². The molecule has 130 valence electrons. The quantitative estimate of drug-likeness (QED) is 0.616. The number of nitro benzene ring substituents is 1. The van der Waals surface area contributed by atoms with Gasteiger partial charge in [0.25, 0.3) is 5.91 Å². The normalized spacial score (nSPS) is 16.4. The van der Waals surface area contributed by atoms with Crippen molar-refractivity contribution in [3.8, 4) is 5.75 Å². The number of anilines is 1. The van der Waals surface area contributed by atoms with Gasteiger partial charge in [-0.1, -0.05) is 18.2 Å². The number of nitro groups is 1. The first-order chi connectivity index (χ1) is 12.1. The van der Waals surface area contributed by atoms with E-state index >= 15 is 0 Å². The van der Waals surface area contributed by atoms with Gasteiger partial charge < -0.3 is 14.4 Å². The number of methoxy groups -OCH3 is 1. The highest BCUT2D eigenvalue weighted by Crippen LogP contribution is 2.30. The van der Waals surface area contributed by atoms with Crippen molar-refractivity contribution in [2.75, 3.05) is 25.2 Å². The molecule has 1 saturated heterocycles. The Hall–Kier alpha value is -2.93. The van der Waals surface area contributed by atoms with Crippen molar-refractivity contribution in [3.05, 3.63) is 64.2 Å². The number of ether oxygens (including phenoxy) is 2. The molecule has 7 heteroatoms. The van der Waals surface area contributed by atoms with E-state index in [1.165, 1.54) is 25.3 Å². The van der Waals surface area contributed by atoms with E-state index in [4.69, 9.17) is 9.47 Å². The number of nitrogens with zero attached hydrogens (tertiary/aromatic N) is 2. The van der Waals surface area contributed by atoms with E-state index in [0.717, 1.165) is 12.1 Å². The third-order valence-corrected chi connectivity index (χ3v) is 4.15. The van der Waals surface area contributed by atoms with Crippen LogP contribution in [-0.2, 0) is 4.74 Å². The van der Waals surface area contributed by atoms with Crippen LogP contribution < -0.4 is 9.64 Å². The lowest BCUT2D eigenvalue weighted by Crippen LogP contribution is -2.41. The number of rotatable bonds is 5. The highest BCUT2D eigenvalue weighted by Gasteiger charge is 2.30. The second kappa shape index (κ2) is 7.31. The molecule has 0 unspecified atom stereocenters. The minimum absolute atomic E-state index is 0.0616. The van der Waals surface area contributed by atoms with E-state index in [0.29, 0.717) is 18.8 Å². The monoisotopic (exact) mass is 342 g/mol. The molecule has 2 aromatic rings. The van der Waals surface area contributed by atoms with Gasteiger partial charge in [-0.15, -0.1) is 0 Å². The Morgan fingerprint density at radius 2 is 2.04 bits per heavy atom. The Morgan fingerprint density at radius 1 is 1.28 bits per heavy atom. The van der Waals surface area contributed by atoms with Gasteiger partial charge in [-0.05, 0) is 24.6 Å². The molecule has 0 N–H and O–H groups in total. The van der Waals surface area contributed by atoms with Crippen LogP contribution >= 0.6 is 0 Å². The molecule has 0 bridgehead atoms. The summed E-state index contributed by atoms with van der Waals surface area (Å²) in [5, 5.41) is 11.0. The summed E-state index contributed by atoms with van der Waals surface area (Å²) >= 11 is 0. The molecule has 3 rings (SSSR count). The molecule has 1 atom stereocenters. The summed E-state index contributed by atoms with van der Waals surface area (Å²) in [4.78, 5) is 25.3. The van der Waals surface area contributed by atoms with Crippen LogP contribution in [0.15, 0.2) is 48.5 Å². The van der Waals surface area contributed by atoms with Crippen LogP contribution in [0, 0.1) is 10.1 Å². The Bertz CT molecular complexity index is 772. The first-order valence-corrected chi connectivity index (χ1v) is 7.90. The molecule has 0 radical (unpaired) electrons. The van der Waals surface area contributed by atoms with E-state index in [-0.39, 0.29) is 23.4 Å². The Morgan fingerprint density at radius 3 is 2.64 bits per heavy atom. The van der Waals surface area contributed by atoms with Crippen molar-refractivity contribution < 1.29 is 19.2 Å². The molecule has 1 aliphatic rings. The van der Waals surface area contributed by atoms with Crippen molar-refractivity contribution in [1.29, 1.82) is 0 Å². The zero-order chi connectivity index (χ0) is 17.8. The molecule has 7 nitrogen and oxygen atoms in total. The van der Waals surface area contributed by atoms with E-state index < -0.39 is 4.92 Å². The lowest BCUT2D eigenvalue weighted by Gasteiger charge is -2.28. The fourth-order valence-electron chi connectivity index (χ4n) is 2.91. The predicted molar refractivity (Wildman–Crippen MR) is 92.1 cm³/mol. The first-order valence-electron chi connectivity index (χ1n) is 7.90. The molecule has 0 aromatic heterocycles. The second-order valence-corrected chi connectivity index (χ2v) is 5.67. The zero-order valence-corrected chi connectivity index (χ0v) is 13.8. The van der Waals surface area contributed by atoms with Crippen molar-refractivity contribution >= 4 is 17.3 Å². The van der Waals surface area contributed by atoms with Gasteiger partial charge in [0.2, 0.25) is 0 Å². The molecule has 1 fully saturated rings. The van der Waals surface area contributed by atoms with Gasteiger partial charge in [0.1, 0.15) is 0 Å². The lowest BCUT2D eigenvalue weighted by molar-refractivity contribution is -0.385. The number of carbonyl (C=O) groups excluding carboxylic acids is 1. The number of hydrogen-bond donors (Lipinski definition) is 0. The van der Waals surface area contributed by atoms with Gasteiger partial charge in [0, 0.05) is 30.0 Å². The fourth-order valence-corrected chi connectivity index (χ4v) is 2.91. The van der Waals surface area contributed by atoms with Gasteiger partial charge in [-0.2, -0.15) is 0 Å². The second-order valence-electron chi connectivity index (χ2n) is 5.67. The summed E-state index contributed by atoms with van der Waals surface area (Å²) in [5.74, 6) is -0.179. The van der Waals surface area contributed by atoms with Crippen LogP contribution in [-0.4, -0.2) is 37.2 Å². The summed E-state index contributed by atoms with van der Waals surface area (Å²) in [7, 11) is 1.34. The molecular weight excluding hydrogens is 324 g/mol. The van der Waals surface area contributed by atoms with Crippen LogP contribution in [0.1, 0.15) is 16.8 Å². The molecule has 0 spiro atoms. The topological polar surface area (TPSA) is 81.9 Å². The highest BCUT2D eigenvalue weighted by atomic mass is 16.6. The number of hydrogen-bond acceptors (Lipinski definition) is 5. The molecule has 1 heterocycles. The number of carbonyl (C=O) groups is 1. The molecular formula is C18H18N2O5. The molecule has 25 heavy (non-hydrogen) atoms. The van der Waals surface area contributed by atoms with E-state index in [1.807, 2.05) is 30.3 Å². The first kappa shape index (κ1) is 16.9. The lowest BCUT2D eigenvalue weighted by atomic mass is 10.1. The van der Waals surface area contributed by atoms with Crippen molar-refractivity contribution in [1.82, 2.24) is 0 Å². The maximum Gasteiger partial charge on any atom is 0.310 e. The minimum atomic E-state index is -0.535. The smallest absolute Gasteiger partial charge is 0.310 e. The van der Waals surface area contributed by atoms with Crippen LogP contribution in [0.25, 0.3) is 0 Å². The van der Waals surface area contributed by atoms with Gasteiger partial charge in [-0.25, -0.2) is 0 Å². The Labute approximate surface area is 144 Å². The summed E-state index contributed by atoms with van der Waals surface area (Å²) < 4.78 is 10.5. The maximum atomic E-state index is 13.1. The zero-order valence-electron chi connectivity index (χ0n) is 13.8. The summed E-state index contributed by atoms with van der Waals surface area (Å²) in [5.41, 5.74) is 0.924. The van der Waals surface area contributed by atoms with Crippen LogP contribution in [0.5, 0.6) is 5.75 Å². The third kappa shape index (κ3) is 3.46. The molecule has 2 aromatic carbocycles. The van der Waals surface area contributed by atoms with Crippen LogP contribution in [0.4, 0.5) is 11.4 Å². The molecule has 1 aliphatic heterocycles. The minimum Gasteiger partial charge on any atom is -0.490 e. The average Bonchev–Trinajstić information content (AvgIpc) is 3.16. The summed E-state index contributed by atoms with van der Waals surface area (Å²) in [6, 6.07) is 13.4. The fraction of sp³-hybridized carbons (Fsp3) is 0.278. The molecule has 0 aliphatic carbocycles. The van der Waals surface area contributed by atoms with Crippen molar-refractivity contribution in [2.45, 2.75) is 12.5 Å². The Balaban J connectivity index is 1.99. The standard InChI is InChI=1S/C18H18N2O5/c1-24-17-11-13(7-8-16(17)20(22)23)18(21)19(15-9-10-25-12-15)14-5-3-2-4-6-14/h2-8,11,15H,9-10,12H2,1H3/t15-/m1/s1. The van der Waals surface area contributed by atoms with E-state index in [9.17, 15) is 14.9 Å². The van der Waals surface area contributed by atoms with E-state index in [1.54, 1.807) is 4.90 Å². The SMILES string of the molecule is COc1cc(C(=O)N(c2ccccc2)[C@@H]2CCOC2)ccc1[N+](=O)[O-]. The van der Waals surface area contributed by atoms with Crippen LogP contribution in [0.2, 0.25) is 0 Å². The average molecular weight is 342 g/mol. The summed E-state index contributed by atoms with van der Waals surface area (Å²) in [6.45, 7) is 1.07. The number of amides is 1. The molecule has 1 amide bonds. The maximum absolute atomic E-state index is 13.1. The van der Waals surface area contributed by atoms with Crippen LogP contribution in [0.3, 0.4) is 0 Å². The third-order valence-electron chi connectivity index (χ3n) is 4.15. The number of benzene rings is 2. The van der Waals surface area contributed by atoms with Gasteiger partial charge in [0.05, 0.1) is 24.7 Å². The summed E-state index contributed by atoms with van der Waals surface area (Å²) in [6.07, 6.45) is 0.741. The predicted octanol–water partition coefficient (Wildman–Crippen LogP) is 3.04. The van der Waals surface area contributed by atoms with Gasteiger partial charge >= 0.3 is 5.69 Å². The molecule has 0 saturated carbocycles. The highest BCUT2D eigenvalue weighted by molar-refractivity contribution is 6.07. The van der Waals surface area contributed by atoms with E-state index in [2.05, 4.69) is 0 Å². The Kier molecular flexibility index (Phi) is 4.95. The van der Waals surface area contributed by atoms with Gasteiger partial charge in [0.15, 0.2) is 5.75 Å².